The molecule has 0 radical (unpaired) electrons. The molecule has 12 heavy (non-hydrogen) atoms. The molecule has 0 aromatic rings. The molecule has 0 amide bonds. The Morgan fingerprint density at radius 2 is 2.08 bits per heavy atom. The van der Waals surface area contributed by atoms with E-state index in [1.54, 1.807) is 0 Å². The minimum Gasteiger partial charge on any atom is -0.480 e. The van der Waals surface area contributed by atoms with Gasteiger partial charge < -0.3 is 5.11 Å². The fourth-order valence-corrected chi connectivity index (χ4v) is 1.16. The zero-order chi connectivity index (χ0) is 9.35. The molecule has 3 nitrogen and oxygen atoms in total. The van der Waals surface area contributed by atoms with Crippen LogP contribution in [0.4, 0.5) is 0 Å². The second-order valence-corrected chi connectivity index (χ2v) is 4.19. The smallest absolute Gasteiger partial charge is 0.323 e. The van der Waals surface area contributed by atoms with Gasteiger partial charge in [-0.3, -0.25) is 10.1 Å². The maximum Gasteiger partial charge on any atom is 0.323 e. The van der Waals surface area contributed by atoms with Gasteiger partial charge in [0.2, 0.25) is 0 Å². The molecule has 1 aliphatic rings. The van der Waals surface area contributed by atoms with E-state index in [0.29, 0.717) is 0 Å². The van der Waals surface area contributed by atoms with E-state index in [1.165, 1.54) is 0 Å². The summed E-state index contributed by atoms with van der Waals surface area (Å²) < 4.78 is 0. The van der Waals surface area contributed by atoms with Crippen molar-refractivity contribution in [3.8, 4) is 0 Å². The van der Waals surface area contributed by atoms with Gasteiger partial charge in [0, 0.05) is 11.4 Å². The summed E-state index contributed by atoms with van der Waals surface area (Å²) in [5, 5.41) is 11.8. The number of halogens is 1. The summed E-state index contributed by atoms with van der Waals surface area (Å²) in [5.41, 5.74) is -0.664. The highest BCUT2D eigenvalue weighted by molar-refractivity contribution is 6.20. The lowest BCUT2D eigenvalue weighted by Gasteiger charge is -2.20. The Balaban J connectivity index is 2.45. The Bertz CT molecular complexity index is 189. The average Bonchev–Trinajstić information content (AvgIpc) is 2.68. The Labute approximate surface area is 77.1 Å². The molecule has 0 spiro atoms. The minimum absolute atomic E-state index is 0.0400. The van der Waals surface area contributed by atoms with Gasteiger partial charge in [-0.05, 0) is 26.7 Å². The van der Waals surface area contributed by atoms with Gasteiger partial charge in [0.25, 0.3) is 0 Å². The summed E-state index contributed by atoms with van der Waals surface area (Å²) in [7, 11) is 0. The molecule has 1 fully saturated rings. The van der Waals surface area contributed by atoms with Crippen molar-refractivity contribution in [2.45, 2.75) is 43.6 Å². The number of carbonyl (C=O) groups is 1. The molecule has 1 saturated carbocycles. The molecular formula is C8H14ClNO2. The van der Waals surface area contributed by atoms with Crippen LogP contribution in [0.25, 0.3) is 0 Å². The molecule has 2 atom stereocenters. The maximum absolute atomic E-state index is 10.7. The lowest BCUT2D eigenvalue weighted by atomic mass is 10.2. The van der Waals surface area contributed by atoms with Crippen molar-refractivity contribution in [1.82, 2.24) is 5.32 Å². The highest BCUT2D eigenvalue weighted by Gasteiger charge is 2.51. The molecule has 2 N–H and O–H groups in total. The lowest BCUT2D eigenvalue weighted by molar-refractivity contribution is -0.140. The largest absolute Gasteiger partial charge is 0.480 e. The Kier molecular flexibility index (Phi) is 2.64. The number of carboxylic acids is 1. The van der Waals surface area contributed by atoms with E-state index in [-0.39, 0.29) is 11.4 Å². The van der Waals surface area contributed by atoms with Crippen LogP contribution in [-0.4, -0.2) is 28.0 Å². The van der Waals surface area contributed by atoms with Crippen LogP contribution in [-0.2, 0) is 4.79 Å². The fourth-order valence-electron chi connectivity index (χ4n) is 1.10. The van der Waals surface area contributed by atoms with E-state index in [4.69, 9.17) is 16.7 Å². The monoisotopic (exact) mass is 191 g/mol. The van der Waals surface area contributed by atoms with Crippen molar-refractivity contribution in [3.63, 3.8) is 0 Å². The summed E-state index contributed by atoms with van der Waals surface area (Å²) >= 11 is 5.81. The first-order chi connectivity index (χ1) is 5.48. The summed E-state index contributed by atoms with van der Waals surface area (Å²) in [6, 6.07) is 0.0465. The van der Waals surface area contributed by atoms with Crippen molar-refractivity contribution < 1.29 is 9.90 Å². The van der Waals surface area contributed by atoms with Crippen LogP contribution in [0.2, 0.25) is 0 Å². The Hall–Kier alpha value is -0.280. The highest BCUT2D eigenvalue weighted by Crippen LogP contribution is 2.36. The quantitative estimate of drug-likeness (QED) is 0.657. The first kappa shape index (κ1) is 9.81. The summed E-state index contributed by atoms with van der Waals surface area (Å²) in [6.45, 7) is 3.76. The zero-order valence-corrected chi connectivity index (χ0v) is 8.06. The van der Waals surface area contributed by atoms with Gasteiger partial charge in [0.1, 0.15) is 5.54 Å². The molecule has 0 bridgehead atoms. The number of carboxylic acid groups (broad SMARTS) is 1. The molecule has 0 aliphatic heterocycles. The van der Waals surface area contributed by atoms with Gasteiger partial charge in [-0.1, -0.05) is 0 Å². The fraction of sp³-hybridized carbons (Fsp3) is 0.875. The molecule has 0 saturated heterocycles. The maximum atomic E-state index is 10.7. The van der Waals surface area contributed by atoms with Crippen molar-refractivity contribution in [1.29, 1.82) is 0 Å². The first-order valence-electron chi connectivity index (χ1n) is 4.13. The standard InChI is InChI=1S/C8H14ClNO2/c1-5(9)6(2)10-8(3-4-8)7(11)12/h5-6,10H,3-4H2,1-2H3,(H,11,12)/t5?,6-/m0/s1. The summed E-state index contributed by atoms with van der Waals surface area (Å²) in [6.07, 6.45) is 1.44. The average molecular weight is 192 g/mol. The van der Waals surface area contributed by atoms with E-state index in [9.17, 15) is 4.79 Å². The van der Waals surface area contributed by atoms with E-state index in [2.05, 4.69) is 5.32 Å². The van der Waals surface area contributed by atoms with Crippen LogP contribution in [0.5, 0.6) is 0 Å². The molecular weight excluding hydrogens is 178 g/mol. The number of nitrogens with one attached hydrogen (secondary N) is 1. The zero-order valence-electron chi connectivity index (χ0n) is 7.30. The third-order valence-electron chi connectivity index (χ3n) is 2.35. The molecule has 0 heterocycles. The van der Waals surface area contributed by atoms with Crippen LogP contribution in [0.3, 0.4) is 0 Å². The van der Waals surface area contributed by atoms with Gasteiger partial charge in [-0.2, -0.15) is 0 Å². The second kappa shape index (κ2) is 3.23. The Morgan fingerprint density at radius 1 is 1.58 bits per heavy atom. The molecule has 70 valence electrons. The molecule has 1 unspecified atom stereocenters. The summed E-state index contributed by atoms with van der Waals surface area (Å²) in [5.74, 6) is -0.758. The second-order valence-electron chi connectivity index (χ2n) is 3.50. The number of rotatable bonds is 4. The number of hydrogen-bond acceptors (Lipinski definition) is 2. The molecule has 0 aromatic carbocycles. The van der Waals surface area contributed by atoms with Crippen LogP contribution < -0.4 is 5.32 Å². The SMILES string of the molecule is CC(Cl)[C@H](C)NC1(C(=O)O)CC1. The molecule has 1 rings (SSSR count). The van der Waals surface area contributed by atoms with E-state index >= 15 is 0 Å². The minimum atomic E-state index is -0.758. The number of alkyl halides is 1. The van der Waals surface area contributed by atoms with Crippen LogP contribution in [0, 0.1) is 0 Å². The van der Waals surface area contributed by atoms with E-state index in [0.717, 1.165) is 12.8 Å². The Morgan fingerprint density at radius 3 is 2.33 bits per heavy atom. The molecule has 4 heteroatoms. The first-order valence-corrected chi connectivity index (χ1v) is 4.57. The topological polar surface area (TPSA) is 49.3 Å². The third-order valence-corrected chi connectivity index (χ3v) is 2.73. The molecule has 0 aromatic heterocycles. The highest BCUT2D eigenvalue weighted by atomic mass is 35.5. The predicted molar refractivity (Wildman–Crippen MR) is 47.5 cm³/mol. The van der Waals surface area contributed by atoms with Gasteiger partial charge in [0.15, 0.2) is 0 Å². The number of hydrogen-bond donors (Lipinski definition) is 2. The third kappa shape index (κ3) is 1.90. The van der Waals surface area contributed by atoms with Crippen molar-refractivity contribution in [2.24, 2.45) is 0 Å². The van der Waals surface area contributed by atoms with Gasteiger partial charge in [0.05, 0.1) is 0 Å². The summed E-state index contributed by atoms with van der Waals surface area (Å²) in [4.78, 5) is 10.7. The lowest BCUT2D eigenvalue weighted by Crippen LogP contribution is -2.47. The van der Waals surface area contributed by atoms with Gasteiger partial charge >= 0.3 is 5.97 Å². The van der Waals surface area contributed by atoms with Gasteiger partial charge in [-0.25, -0.2) is 0 Å². The van der Waals surface area contributed by atoms with Crippen molar-refractivity contribution in [2.75, 3.05) is 0 Å². The predicted octanol–water partition coefficient (Wildman–Crippen LogP) is 1.21. The van der Waals surface area contributed by atoms with E-state index < -0.39 is 11.5 Å². The van der Waals surface area contributed by atoms with Crippen LogP contribution in [0.15, 0.2) is 0 Å². The normalized spacial score (nSPS) is 24.6. The van der Waals surface area contributed by atoms with Crippen molar-refractivity contribution in [3.05, 3.63) is 0 Å². The van der Waals surface area contributed by atoms with Crippen LogP contribution >= 0.6 is 11.6 Å². The number of aliphatic carboxylic acids is 1. The van der Waals surface area contributed by atoms with Gasteiger partial charge in [-0.15, -0.1) is 11.6 Å². The van der Waals surface area contributed by atoms with E-state index in [1.807, 2.05) is 13.8 Å². The van der Waals surface area contributed by atoms with Crippen molar-refractivity contribution >= 4 is 17.6 Å². The molecule has 1 aliphatic carbocycles. The van der Waals surface area contributed by atoms with Crippen LogP contribution in [0.1, 0.15) is 26.7 Å².